The number of methoxy groups -OCH3 is 1. The van der Waals surface area contributed by atoms with Crippen molar-refractivity contribution in [2.45, 2.75) is 4.90 Å². The smallest absolute Gasteiger partial charge is 0.266 e. The molecule has 0 unspecified atom stereocenters. The molecule has 0 spiro atoms. The molecule has 0 aliphatic carbocycles. The summed E-state index contributed by atoms with van der Waals surface area (Å²) in [6, 6.07) is 10.5. The second-order valence-corrected chi connectivity index (χ2v) is 7.11. The van der Waals surface area contributed by atoms with Crippen LogP contribution in [0.3, 0.4) is 0 Å². The Morgan fingerprint density at radius 3 is 2.00 bits per heavy atom. The van der Waals surface area contributed by atoms with Crippen LogP contribution in [0.1, 0.15) is 20.7 Å². The van der Waals surface area contributed by atoms with Gasteiger partial charge in [-0.15, -0.1) is 0 Å². The number of ether oxygens (including phenoxy) is 1. The van der Waals surface area contributed by atoms with Gasteiger partial charge in [0.15, 0.2) is 9.84 Å². The van der Waals surface area contributed by atoms with Crippen LogP contribution >= 0.6 is 0 Å². The summed E-state index contributed by atoms with van der Waals surface area (Å²) in [5, 5.41) is 0. The van der Waals surface area contributed by atoms with Gasteiger partial charge in [-0.25, -0.2) is 13.3 Å². The molecule has 2 aromatic rings. The van der Waals surface area contributed by atoms with Crippen molar-refractivity contribution in [3.8, 4) is 5.75 Å². The third-order valence-corrected chi connectivity index (χ3v) is 4.72. The molecule has 2 aromatic carbocycles. The zero-order chi connectivity index (χ0) is 16.8. The number of carbonyl (C=O) groups excluding carboxylic acids is 2. The molecule has 0 aromatic heterocycles. The van der Waals surface area contributed by atoms with E-state index in [1.165, 1.54) is 25.3 Å². The number of hydrogen-bond donors (Lipinski definition) is 0. The minimum Gasteiger partial charge on any atom is -0.495 e. The van der Waals surface area contributed by atoms with E-state index in [1.54, 1.807) is 24.3 Å². The number of imide groups is 1. The number of rotatable bonds is 3. The standard InChI is InChI=1S/C16H13NO5S/c1-22-14-8-7-10(23(2,20)21)9-13(14)17-15(18)11-5-3-4-6-12(11)16(17)19/h3-9H,1-2H3. The predicted molar refractivity (Wildman–Crippen MR) is 83.7 cm³/mol. The summed E-state index contributed by atoms with van der Waals surface area (Å²) >= 11 is 0. The number of sulfone groups is 1. The maximum atomic E-state index is 12.5. The van der Waals surface area contributed by atoms with E-state index in [4.69, 9.17) is 4.74 Å². The van der Waals surface area contributed by atoms with Crippen molar-refractivity contribution in [1.82, 2.24) is 0 Å². The molecule has 1 aliphatic heterocycles. The highest BCUT2D eigenvalue weighted by molar-refractivity contribution is 7.90. The van der Waals surface area contributed by atoms with Crippen LogP contribution < -0.4 is 9.64 Å². The first kappa shape index (κ1) is 15.2. The molecule has 6 nitrogen and oxygen atoms in total. The summed E-state index contributed by atoms with van der Waals surface area (Å²) in [6.45, 7) is 0. The fourth-order valence-electron chi connectivity index (χ4n) is 2.48. The van der Waals surface area contributed by atoms with Gasteiger partial charge in [-0.2, -0.15) is 0 Å². The highest BCUT2D eigenvalue weighted by Gasteiger charge is 2.38. The van der Waals surface area contributed by atoms with E-state index in [2.05, 4.69) is 0 Å². The number of carbonyl (C=O) groups is 2. The van der Waals surface area contributed by atoms with Crippen molar-refractivity contribution in [3.05, 3.63) is 53.6 Å². The Labute approximate surface area is 133 Å². The molecule has 1 heterocycles. The summed E-state index contributed by atoms with van der Waals surface area (Å²) in [4.78, 5) is 26.0. The molecule has 0 saturated heterocycles. The van der Waals surface area contributed by atoms with Crippen molar-refractivity contribution < 1.29 is 22.7 Å². The molecule has 0 saturated carbocycles. The van der Waals surface area contributed by atoms with E-state index in [1.807, 2.05) is 0 Å². The Balaban J connectivity index is 2.20. The van der Waals surface area contributed by atoms with Gasteiger partial charge in [-0.1, -0.05) is 12.1 Å². The number of nitrogens with zero attached hydrogens (tertiary/aromatic N) is 1. The highest BCUT2D eigenvalue weighted by atomic mass is 32.2. The Kier molecular flexibility index (Phi) is 3.45. The minimum absolute atomic E-state index is 0.00450. The lowest BCUT2D eigenvalue weighted by atomic mass is 10.1. The molecule has 118 valence electrons. The first-order valence-electron chi connectivity index (χ1n) is 6.70. The average molecular weight is 331 g/mol. The Morgan fingerprint density at radius 1 is 0.957 bits per heavy atom. The Bertz CT molecular complexity index is 898. The van der Waals surface area contributed by atoms with Gasteiger partial charge < -0.3 is 4.74 Å². The van der Waals surface area contributed by atoms with E-state index in [0.29, 0.717) is 0 Å². The monoisotopic (exact) mass is 331 g/mol. The van der Waals surface area contributed by atoms with Gasteiger partial charge in [0.25, 0.3) is 11.8 Å². The van der Waals surface area contributed by atoms with Crippen LogP contribution in [0, 0.1) is 0 Å². The summed E-state index contributed by atoms with van der Waals surface area (Å²) < 4.78 is 28.7. The molecule has 1 aliphatic rings. The summed E-state index contributed by atoms with van der Waals surface area (Å²) in [5.74, 6) is -0.768. The lowest BCUT2D eigenvalue weighted by Crippen LogP contribution is -2.30. The fourth-order valence-corrected chi connectivity index (χ4v) is 3.12. The number of amides is 2. The summed E-state index contributed by atoms with van der Waals surface area (Å²) in [5.41, 5.74) is 0.676. The van der Waals surface area contributed by atoms with Gasteiger partial charge in [0.1, 0.15) is 5.75 Å². The first-order valence-corrected chi connectivity index (χ1v) is 8.59. The lowest BCUT2D eigenvalue weighted by Gasteiger charge is -2.18. The van der Waals surface area contributed by atoms with Crippen LogP contribution in [0.2, 0.25) is 0 Å². The van der Waals surface area contributed by atoms with E-state index in [0.717, 1.165) is 11.2 Å². The molecular formula is C16H13NO5S. The van der Waals surface area contributed by atoms with E-state index in [9.17, 15) is 18.0 Å². The van der Waals surface area contributed by atoms with Crippen LogP contribution in [0.15, 0.2) is 47.4 Å². The normalized spacial score (nSPS) is 14.1. The zero-order valence-corrected chi connectivity index (χ0v) is 13.3. The largest absolute Gasteiger partial charge is 0.495 e. The van der Waals surface area contributed by atoms with Crippen molar-refractivity contribution in [2.24, 2.45) is 0 Å². The van der Waals surface area contributed by atoms with Gasteiger partial charge in [-0.05, 0) is 30.3 Å². The van der Waals surface area contributed by atoms with Crippen LogP contribution in [0.4, 0.5) is 5.69 Å². The van der Waals surface area contributed by atoms with Crippen LogP contribution in [0.25, 0.3) is 0 Å². The Hall–Kier alpha value is -2.67. The third-order valence-electron chi connectivity index (χ3n) is 3.61. The van der Waals surface area contributed by atoms with Crippen LogP contribution in [-0.2, 0) is 9.84 Å². The quantitative estimate of drug-likeness (QED) is 0.803. The van der Waals surface area contributed by atoms with Crippen molar-refractivity contribution in [1.29, 1.82) is 0 Å². The maximum absolute atomic E-state index is 12.5. The SMILES string of the molecule is COc1ccc(S(C)(=O)=O)cc1N1C(=O)c2ccccc2C1=O. The van der Waals surface area contributed by atoms with Gasteiger partial charge in [0.2, 0.25) is 0 Å². The molecule has 0 atom stereocenters. The first-order chi connectivity index (χ1) is 10.8. The summed E-state index contributed by atoms with van der Waals surface area (Å²) in [7, 11) is -2.10. The minimum atomic E-state index is -3.49. The number of benzene rings is 2. The van der Waals surface area contributed by atoms with Crippen LogP contribution in [0.5, 0.6) is 5.75 Å². The van der Waals surface area contributed by atoms with E-state index in [-0.39, 0.29) is 27.5 Å². The third kappa shape index (κ3) is 2.39. The molecule has 0 fully saturated rings. The molecule has 23 heavy (non-hydrogen) atoms. The number of hydrogen-bond acceptors (Lipinski definition) is 5. The van der Waals surface area contributed by atoms with Gasteiger partial charge >= 0.3 is 0 Å². The molecular weight excluding hydrogens is 318 g/mol. The Morgan fingerprint density at radius 2 is 1.52 bits per heavy atom. The zero-order valence-electron chi connectivity index (χ0n) is 12.4. The van der Waals surface area contributed by atoms with Crippen molar-refractivity contribution >= 4 is 27.3 Å². The average Bonchev–Trinajstić information content (AvgIpc) is 2.78. The molecule has 0 N–H and O–H groups in total. The number of fused-ring (bicyclic) bond motifs is 1. The second kappa shape index (κ2) is 5.20. The maximum Gasteiger partial charge on any atom is 0.266 e. The molecule has 3 rings (SSSR count). The molecule has 0 bridgehead atoms. The van der Waals surface area contributed by atoms with Gasteiger partial charge in [0, 0.05) is 6.26 Å². The molecule has 0 radical (unpaired) electrons. The number of anilines is 1. The van der Waals surface area contributed by atoms with Crippen molar-refractivity contribution in [3.63, 3.8) is 0 Å². The fraction of sp³-hybridized carbons (Fsp3) is 0.125. The topological polar surface area (TPSA) is 80.8 Å². The lowest BCUT2D eigenvalue weighted by molar-refractivity contribution is 0.0925. The van der Waals surface area contributed by atoms with E-state index >= 15 is 0 Å². The summed E-state index contributed by atoms with van der Waals surface area (Å²) in [6.07, 6.45) is 1.06. The van der Waals surface area contributed by atoms with Gasteiger partial charge in [-0.3, -0.25) is 9.59 Å². The van der Waals surface area contributed by atoms with Crippen molar-refractivity contribution in [2.75, 3.05) is 18.3 Å². The predicted octanol–water partition coefficient (Wildman–Crippen LogP) is 1.90. The van der Waals surface area contributed by atoms with Crippen LogP contribution in [-0.4, -0.2) is 33.6 Å². The van der Waals surface area contributed by atoms with Gasteiger partial charge in [0.05, 0.1) is 28.8 Å². The highest BCUT2D eigenvalue weighted by Crippen LogP contribution is 2.36. The molecule has 7 heteroatoms. The van der Waals surface area contributed by atoms with E-state index < -0.39 is 21.7 Å². The molecule has 2 amide bonds. The second-order valence-electron chi connectivity index (χ2n) is 5.10.